The topological polar surface area (TPSA) is 76.4 Å². The first kappa shape index (κ1) is 14.4. The summed E-state index contributed by atoms with van der Waals surface area (Å²) in [7, 11) is 0. The van der Waals surface area contributed by atoms with Gasteiger partial charge in [0, 0.05) is 17.8 Å². The van der Waals surface area contributed by atoms with Gasteiger partial charge in [0.1, 0.15) is 11.2 Å². The molecule has 3 aromatic rings. The average Bonchev–Trinajstić information content (AvgIpc) is 2.94. The summed E-state index contributed by atoms with van der Waals surface area (Å²) in [5.74, 6) is -0.450. The van der Waals surface area contributed by atoms with Crippen molar-refractivity contribution in [1.29, 1.82) is 0 Å². The van der Waals surface area contributed by atoms with Crippen LogP contribution in [0.4, 0.5) is 0 Å². The van der Waals surface area contributed by atoms with E-state index in [4.69, 9.17) is 0 Å². The van der Waals surface area contributed by atoms with Crippen LogP contribution in [0, 0.1) is 6.92 Å². The maximum absolute atomic E-state index is 12.3. The smallest absolute Gasteiger partial charge is 0.270 e. The van der Waals surface area contributed by atoms with E-state index < -0.39 is 5.91 Å². The summed E-state index contributed by atoms with van der Waals surface area (Å²) in [4.78, 5) is 33.1. The van der Waals surface area contributed by atoms with E-state index in [1.807, 2.05) is 19.2 Å². The van der Waals surface area contributed by atoms with Gasteiger partial charge >= 0.3 is 0 Å². The highest BCUT2D eigenvalue weighted by atomic mass is 32.1. The normalized spacial score (nSPS) is 12.3. The Bertz CT molecular complexity index is 900. The van der Waals surface area contributed by atoms with Crippen molar-refractivity contribution in [1.82, 2.24) is 19.7 Å². The van der Waals surface area contributed by atoms with Crippen LogP contribution in [0.5, 0.6) is 0 Å². The Morgan fingerprint density at radius 1 is 1.41 bits per heavy atom. The quantitative estimate of drug-likeness (QED) is 0.801. The van der Waals surface area contributed by atoms with Crippen molar-refractivity contribution in [3.63, 3.8) is 0 Å². The highest BCUT2D eigenvalue weighted by molar-refractivity contribution is 7.09. The van der Waals surface area contributed by atoms with Gasteiger partial charge in [-0.2, -0.15) is 0 Å². The van der Waals surface area contributed by atoms with Crippen LogP contribution in [0.3, 0.4) is 0 Å². The molecular formula is C15H14N4O2S. The molecule has 0 aromatic carbocycles. The van der Waals surface area contributed by atoms with Gasteiger partial charge in [0.05, 0.1) is 16.7 Å². The molecule has 7 heteroatoms. The molecular weight excluding hydrogens is 300 g/mol. The number of rotatable bonds is 3. The van der Waals surface area contributed by atoms with Gasteiger partial charge in [-0.25, -0.2) is 9.97 Å². The van der Waals surface area contributed by atoms with Crippen LogP contribution >= 0.6 is 11.3 Å². The summed E-state index contributed by atoms with van der Waals surface area (Å²) in [5, 5.41) is 5.61. The lowest BCUT2D eigenvalue weighted by molar-refractivity contribution is 0.0937. The van der Waals surface area contributed by atoms with Gasteiger partial charge in [-0.1, -0.05) is 6.07 Å². The fraction of sp³-hybridized carbons (Fsp3) is 0.200. The van der Waals surface area contributed by atoms with Crippen molar-refractivity contribution in [2.75, 3.05) is 0 Å². The average molecular weight is 314 g/mol. The second kappa shape index (κ2) is 5.69. The lowest BCUT2D eigenvalue weighted by Crippen LogP contribution is -2.33. The van der Waals surface area contributed by atoms with Crippen molar-refractivity contribution in [2.45, 2.75) is 19.9 Å². The van der Waals surface area contributed by atoms with Crippen LogP contribution in [0.2, 0.25) is 0 Å². The van der Waals surface area contributed by atoms with Gasteiger partial charge in [0.25, 0.3) is 11.5 Å². The standard InChI is InChI=1S/C15H14N4O2S/c1-9(12-8-22-10(2)18-12)17-14(20)11-7-16-13-5-3-4-6-19(13)15(11)21/h3-9H,1-2H3,(H,17,20). The van der Waals surface area contributed by atoms with E-state index in [2.05, 4.69) is 15.3 Å². The number of hydrogen-bond donors (Lipinski definition) is 1. The summed E-state index contributed by atoms with van der Waals surface area (Å²) in [6.07, 6.45) is 2.90. The minimum atomic E-state index is -0.450. The molecule has 0 radical (unpaired) electrons. The molecule has 1 unspecified atom stereocenters. The first-order valence-electron chi connectivity index (χ1n) is 6.75. The molecule has 0 aliphatic carbocycles. The molecule has 1 atom stereocenters. The Balaban J connectivity index is 1.89. The number of carbonyl (C=O) groups is 1. The third-order valence-electron chi connectivity index (χ3n) is 3.29. The number of nitrogens with one attached hydrogen (secondary N) is 1. The molecule has 0 saturated carbocycles. The Kier molecular flexibility index (Phi) is 3.72. The number of nitrogens with zero attached hydrogens (tertiary/aromatic N) is 3. The fourth-order valence-electron chi connectivity index (χ4n) is 2.11. The molecule has 22 heavy (non-hydrogen) atoms. The molecule has 0 aliphatic heterocycles. The van der Waals surface area contributed by atoms with Crippen molar-refractivity contribution >= 4 is 22.9 Å². The van der Waals surface area contributed by atoms with E-state index in [-0.39, 0.29) is 17.2 Å². The number of carbonyl (C=O) groups excluding carboxylic acids is 1. The van der Waals surface area contributed by atoms with E-state index in [1.54, 1.807) is 24.4 Å². The second-order valence-electron chi connectivity index (χ2n) is 4.89. The lowest BCUT2D eigenvalue weighted by Gasteiger charge is -2.11. The number of pyridine rings is 1. The highest BCUT2D eigenvalue weighted by Gasteiger charge is 2.17. The molecule has 0 aliphatic rings. The molecule has 0 fully saturated rings. The lowest BCUT2D eigenvalue weighted by atomic mass is 10.2. The molecule has 3 heterocycles. The molecule has 0 saturated heterocycles. The molecule has 0 spiro atoms. The Labute approximate surface area is 130 Å². The van der Waals surface area contributed by atoms with E-state index in [0.29, 0.717) is 5.65 Å². The second-order valence-corrected chi connectivity index (χ2v) is 5.95. The van der Waals surface area contributed by atoms with Crippen molar-refractivity contribution in [2.24, 2.45) is 0 Å². The maximum Gasteiger partial charge on any atom is 0.270 e. The van der Waals surface area contributed by atoms with Crippen LogP contribution in [-0.4, -0.2) is 20.3 Å². The maximum atomic E-state index is 12.3. The zero-order valence-electron chi connectivity index (χ0n) is 12.1. The molecule has 3 aromatic heterocycles. The number of amides is 1. The predicted octanol–water partition coefficient (Wildman–Crippen LogP) is 1.95. The van der Waals surface area contributed by atoms with Crippen molar-refractivity contribution in [3.05, 3.63) is 62.6 Å². The number of fused-ring (bicyclic) bond motifs is 1. The Morgan fingerprint density at radius 2 is 2.23 bits per heavy atom. The molecule has 6 nitrogen and oxygen atoms in total. The van der Waals surface area contributed by atoms with Crippen LogP contribution < -0.4 is 10.9 Å². The molecule has 1 N–H and O–H groups in total. The Hall–Kier alpha value is -2.54. The molecule has 112 valence electrons. The first-order chi connectivity index (χ1) is 10.6. The summed E-state index contributed by atoms with van der Waals surface area (Å²) in [6, 6.07) is 4.95. The van der Waals surface area contributed by atoms with Gasteiger partial charge < -0.3 is 5.32 Å². The first-order valence-corrected chi connectivity index (χ1v) is 7.63. The van der Waals surface area contributed by atoms with Crippen LogP contribution in [0.1, 0.15) is 34.0 Å². The summed E-state index contributed by atoms with van der Waals surface area (Å²) < 4.78 is 1.35. The van der Waals surface area contributed by atoms with Gasteiger partial charge in [-0.15, -0.1) is 11.3 Å². The highest BCUT2D eigenvalue weighted by Crippen LogP contribution is 2.15. The number of aromatic nitrogens is 3. The van der Waals surface area contributed by atoms with E-state index in [0.717, 1.165) is 10.7 Å². The summed E-state index contributed by atoms with van der Waals surface area (Å²) in [5.41, 5.74) is 0.921. The minimum absolute atomic E-state index is 0.0162. The number of thiazole rings is 1. The molecule has 0 bridgehead atoms. The molecule has 1 amide bonds. The van der Waals surface area contributed by atoms with Crippen LogP contribution in [0.25, 0.3) is 5.65 Å². The van der Waals surface area contributed by atoms with Crippen molar-refractivity contribution < 1.29 is 4.79 Å². The van der Waals surface area contributed by atoms with E-state index in [9.17, 15) is 9.59 Å². The summed E-state index contributed by atoms with van der Waals surface area (Å²) in [6.45, 7) is 3.74. The van der Waals surface area contributed by atoms with Gasteiger partial charge in [0.2, 0.25) is 0 Å². The third-order valence-corrected chi connectivity index (χ3v) is 4.08. The number of hydrogen-bond acceptors (Lipinski definition) is 5. The van der Waals surface area contributed by atoms with Gasteiger partial charge in [-0.05, 0) is 26.0 Å². The van der Waals surface area contributed by atoms with Crippen LogP contribution in [-0.2, 0) is 0 Å². The summed E-state index contributed by atoms with van der Waals surface area (Å²) >= 11 is 1.52. The Morgan fingerprint density at radius 3 is 2.95 bits per heavy atom. The predicted molar refractivity (Wildman–Crippen MR) is 84.2 cm³/mol. The van der Waals surface area contributed by atoms with E-state index in [1.165, 1.54) is 21.9 Å². The SMILES string of the molecule is Cc1nc(C(C)NC(=O)c2cnc3ccccn3c2=O)cs1. The number of aryl methyl sites for hydroxylation is 1. The van der Waals surface area contributed by atoms with E-state index >= 15 is 0 Å². The van der Waals surface area contributed by atoms with Crippen LogP contribution in [0.15, 0.2) is 40.8 Å². The van der Waals surface area contributed by atoms with Gasteiger partial charge in [-0.3, -0.25) is 14.0 Å². The zero-order chi connectivity index (χ0) is 15.7. The monoisotopic (exact) mass is 314 g/mol. The minimum Gasteiger partial charge on any atom is -0.344 e. The fourth-order valence-corrected chi connectivity index (χ4v) is 2.82. The van der Waals surface area contributed by atoms with Gasteiger partial charge in [0.15, 0.2) is 0 Å². The largest absolute Gasteiger partial charge is 0.344 e. The molecule has 3 rings (SSSR count). The third kappa shape index (κ3) is 2.62. The zero-order valence-corrected chi connectivity index (χ0v) is 12.9. The van der Waals surface area contributed by atoms with Crippen molar-refractivity contribution in [3.8, 4) is 0 Å².